The average Bonchev–Trinajstić information content (AvgIpc) is 3.59. The molecule has 0 saturated heterocycles. The van der Waals surface area contributed by atoms with Gasteiger partial charge in [-0.1, -0.05) is 31.2 Å². The molecule has 0 fully saturated rings. The van der Waals surface area contributed by atoms with Crippen molar-refractivity contribution in [3.05, 3.63) is 63.7 Å². The highest BCUT2D eigenvalue weighted by Crippen LogP contribution is 2.33. The van der Waals surface area contributed by atoms with E-state index in [2.05, 4.69) is 66.7 Å². The maximum Gasteiger partial charge on any atom is 0.356 e. The number of aryl methyl sites for hydroxylation is 2. The second-order valence-electron chi connectivity index (χ2n) is 7.59. The number of H-pyrrole nitrogens is 1. The fourth-order valence-electron chi connectivity index (χ4n) is 3.87. The second kappa shape index (κ2) is 8.55. The van der Waals surface area contributed by atoms with Crippen molar-refractivity contribution >= 4 is 28.5 Å². The van der Waals surface area contributed by atoms with Gasteiger partial charge in [-0.25, -0.2) is 14.8 Å². The molecular formula is C23H21N7O2S. The van der Waals surface area contributed by atoms with Gasteiger partial charge in [0.25, 0.3) is 0 Å². The van der Waals surface area contributed by atoms with Crippen LogP contribution in [0.25, 0.3) is 33.7 Å². The lowest BCUT2D eigenvalue weighted by Crippen LogP contribution is -2.09. The van der Waals surface area contributed by atoms with Crippen molar-refractivity contribution in [3.8, 4) is 22.5 Å². The molecule has 4 heterocycles. The third-order valence-corrected chi connectivity index (χ3v) is 6.28. The number of ether oxygens (including phenoxy) is 1. The summed E-state index contributed by atoms with van der Waals surface area (Å²) < 4.78 is 6.94. The molecule has 5 aromatic rings. The van der Waals surface area contributed by atoms with Gasteiger partial charge in [-0.2, -0.15) is 16.6 Å². The van der Waals surface area contributed by atoms with Crippen LogP contribution in [0.2, 0.25) is 0 Å². The number of carbonyl (C=O) groups excluding carboxylic acids is 1. The first-order chi connectivity index (χ1) is 16.1. The number of aromatic nitrogens is 7. The van der Waals surface area contributed by atoms with Crippen LogP contribution < -0.4 is 0 Å². The van der Waals surface area contributed by atoms with Crippen molar-refractivity contribution in [2.45, 2.75) is 26.8 Å². The zero-order valence-corrected chi connectivity index (χ0v) is 19.2. The van der Waals surface area contributed by atoms with E-state index in [1.54, 1.807) is 17.4 Å². The van der Waals surface area contributed by atoms with Crippen LogP contribution in [0.5, 0.6) is 0 Å². The predicted octanol–water partition coefficient (Wildman–Crippen LogP) is 4.05. The normalized spacial score (nSPS) is 11.2. The van der Waals surface area contributed by atoms with Gasteiger partial charge in [0.15, 0.2) is 11.3 Å². The molecule has 9 nitrogen and oxygen atoms in total. The van der Waals surface area contributed by atoms with Crippen molar-refractivity contribution in [1.29, 1.82) is 0 Å². The number of tetrazole rings is 1. The highest BCUT2D eigenvalue weighted by molar-refractivity contribution is 7.08. The SMILES string of the molecule is CCc1nc2c(C)cc(C(=O)OC)nc2n1Cc1ccc(-c2cscc2-c2nn[nH]n2)cc1. The van der Waals surface area contributed by atoms with Gasteiger partial charge >= 0.3 is 5.97 Å². The number of fused-ring (bicyclic) bond motifs is 1. The maximum atomic E-state index is 12.1. The Bertz CT molecular complexity index is 1440. The molecule has 33 heavy (non-hydrogen) atoms. The van der Waals surface area contributed by atoms with Crippen LogP contribution in [-0.4, -0.2) is 48.2 Å². The Kier molecular flexibility index (Phi) is 5.43. The molecule has 0 saturated carbocycles. The number of methoxy groups -OCH3 is 1. The van der Waals surface area contributed by atoms with E-state index >= 15 is 0 Å². The van der Waals surface area contributed by atoms with E-state index in [0.29, 0.717) is 18.0 Å². The highest BCUT2D eigenvalue weighted by Gasteiger charge is 2.18. The largest absolute Gasteiger partial charge is 0.464 e. The van der Waals surface area contributed by atoms with Crippen LogP contribution in [0.1, 0.15) is 34.4 Å². The molecule has 5 rings (SSSR count). The molecule has 0 atom stereocenters. The van der Waals surface area contributed by atoms with Gasteiger partial charge in [-0.05, 0) is 40.3 Å². The van der Waals surface area contributed by atoms with Gasteiger partial charge in [0, 0.05) is 22.9 Å². The summed E-state index contributed by atoms with van der Waals surface area (Å²) in [6, 6.07) is 10.1. The lowest BCUT2D eigenvalue weighted by Gasteiger charge is -2.10. The molecular weight excluding hydrogens is 438 g/mol. The number of nitrogens with zero attached hydrogens (tertiary/aromatic N) is 6. The summed E-state index contributed by atoms with van der Waals surface area (Å²) in [6.07, 6.45) is 0.754. The van der Waals surface area contributed by atoms with Crippen molar-refractivity contribution < 1.29 is 9.53 Å². The lowest BCUT2D eigenvalue weighted by molar-refractivity contribution is 0.0594. The summed E-state index contributed by atoms with van der Waals surface area (Å²) in [4.78, 5) is 21.4. The molecule has 0 radical (unpaired) electrons. The van der Waals surface area contributed by atoms with Gasteiger partial charge in [-0.3, -0.25) is 0 Å². The molecule has 0 aliphatic carbocycles. The second-order valence-corrected chi connectivity index (χ2v) is 8.33. The number of pyridine rings is 1. The van der Waals surface area contributed by atoms with E-state index in [0.717, 1.165) is 45.6 Å². The van der Waals surface area contributed by atoms with Gasteiger partial charge < -0.3 is 9.30 Å². The number of hydrogen-bond donors (Lipinski definition) is 1. The highest BCUT2D eigenvalue weighted by atomic mass is 32.1. The predicted molar refractivity (Wildman–Crippen MR) is 125 cm³/mol. The third kappa shape index (κ3) is 3.78. The number of hydrogen-bond acceptors (Lipinski definition) is 8. The van der Waals surface area contributed by atoms with Gasteiger partial charge in [-0.15, -0.1) is 10.2 Å². The molecule has 1 aromatic carbocycles. The summed E-state index contributed by atoms with van der Waals surface area (Å²) in [5, 5.41) is 18.5. The molecule has 0 aliphatic heterocycles. The van der Waals surface area contributed by atoms with E-state index < -0.39 is 5.97 Å². The summed E-state index contributed by atoms with van der Waals surface area (Å²) in [5.74, 6) is 1.04. The van der Waals surface area contributed by atoms with Crippen LogP contribution in [0, 0.1) is 6.92 Å². The number of benzene rings is 1. The Morgan fingerprint density at radius 1 is 1.15 bits per heavy atom. The fraction of sp³-hybridized carbons (Fsp3) is 0.217. The van der Waals surface area contributed by atoms with Gasteiger partial charge in [0.2, 0.25) is 5.82 Å². The smallest absolute Gasteiger partial charge is 0.356 e. The molecule has 0 amide bonds. The van der Waals surface area contributed by atoms with E-state index in [1.165, 1.54) is 7.11 Å². The Morgan fingerprint density at radius 3 is 2.64 bits per heavy atom. The number of esters is 1. The first kappa shape index (κ1) is 21.0. The summed E-state index contributed by atoms with van der Waals surface area (Å²) >= 11 is 1.60. The number of imidazole rings is 1. The van der Waals surface area contributed by atoms with Crippen molar-refractivity contribution in [2.75, 3.05) is 7.11 Å². The van der Waals surface area contributed by atoms with Crippen LogP contribution in [0.4, 0.5) is 0 Å². The molecule has 1 N–H and O–H groups in total. The Labute approximate surface area is 193 Å². The zero-order valence-electron chi connectivity index (χ0n) is 18.4. The first-order valence-corrected chi connectivity index (χ1v) is 11.4. The molecule has 0 spiro atoms. The monoisotopic (exact) mass is 459 g/mol. The van der Waals surface area contributed by atoms with Gasteiger partial charge in [0.05, 0.1) is 13.7 Å². The minimum atomic E-state index is -0.455. The quantitative estimate of drug-likeness (QED) is 0.381. The van der Waals surface area contributed by atoms with Crippen molar-refractivity contribution in [2.24, 2.45) is 0 Å². The Balaban J connectivity index is 1.50. The molecule has 0 bridgehead atoms. The van der Waals surface area contributed by atoms with Crippen LogP contribution in [0.3, 0.4) is 0 Å². The van der Waals surface area contributed by atoms with Crippen LogP contribution >= 0.6 is 11.3 Å². The number of carbonyl (C=O) groups is 1. The summed E-state index contributed by atoms with van der Waals surface area (Å²) in [6.45, 7) is 4.59. The topological polar surface area (TPSA) is 111 Å². The van der Waals surface area contributed by atoms with Crippen molar-refractivity contribution in [1.82, 2.24) is 35.2 Å². The molecule has 4 aromatic heterocycles. The minimum absolute atomic E-state index is 0.285. The summed E-state index contributed by atoms with van der Waals surface area (Å²) in [5.41, 5.74) is 6.87. The Hall–Kier alpha value is -3.92. The van der Waals surface area contributed by atoms with E-state index in [9.17, 15) is 4.79 Å². The first-order valence-electron chi connectivity index (χ1n) is 10.4. The number of aromatic amines is 1. The number of nitrogens with one attached hydrogen (secondary N) is 1. The van der Waals surface area contributed by atoms with E-state index in [4.69, 9.17) is 9.72 Å². The van der Waals surface area contributed by atoms with Crippen LogP contribution in [0.15, 0.2) is 41.1 Å². The summed E-state index contributed by atoms with van der Waals surface area (Å²) in [7, 11) is 1.36. The van der Waals surface area contributed by atoms with E-state index in [-0.39, 0.29) is 5.69 Å². The van der Waals surface area contributed by atoms with Gasteiger partial charge in [0.1, 0.15) is 11.3 Å². The van der Waals surface area contributed by atoms with E-state index in [1.807, 2.05) is 12.3 Å². The molecule has 166 valence electrons. The molecule has 0 unspecified atom stereocenters. The molecule has 10 heteroatoms. The third-order valence-electron chi connectivity index (χ3n) is 5.54. The Morgan fingerprint density at radius 2 is 1.94 bits per heavy atom. The van der Waals surface area contributed by atoms with Crippen LogP contribution in [-0.2, 0) is 17.7 Å². The standard InChI is InChI=1S/C23H21N7O2S/c1-4-19-25-20-13(2)9-18(23(31)32-3)24-22(20)30(19)10-14-5-7-15(8-6-14)16-11-33-12-17(16)21-26-28-29-27-21/h5-9,11-12H,4,10H2,1-3H3,(H,26,27,28,29). The number of thiophene rings is 1. The zero-order chi connectivity index (χ0) is 22.9. The maximum absolute atomic E-state index is 12.1. The number of rotatable bonds is 6. The molecule has 0 aliphatic rings. The minimum Gasteiger partial charge on any atom is -0.464 e. The lowest BCUT2D eigenvalue weighted by atomic mass is 10.0. The average molecular weight is 460 g/mol. The van der Waals surface area contributed by atoms with Crippen molar-refractivity contribution in [3.63, 3.8) is 0 Å². The fourth-order valence-corrected chi connectivity index (χ4v) is 4.71.